The molecule has 0 fully saturated rings. The van der Waals surface area contributed by atoms with E-state index in [-0.39, 0.29) is 6.54 Å². The second kappa shape index (κ2) is 5.12. The van der Waals surface area contributed by atoms with Gasteiger partial charge in [0.05, 0.1) is 5.69 Å². The topological polar surface area (TPSA) is 20.3 Å². The van der Waals surface area contributed by atoms with E-state index in [0.717, 1.165) is 15.7 Å². The number of benzene rings is 2. The van der Waals surface area contributed by atoms with Crippen molar-refractivity contribution in [2.45, 2.75) is 13.3 Å². The first-order valence-electron chi connectivity index (χ1n) is 5.72. The van der Waals surface area contributed by atoms with Crippen molar-refractivity contribution in [3.05, 3.63) is 42.5 Å². The summed E-state index contributed by atoms with van der Waals surface area (Å²) >= 11 is 0. The van der Waals surface area contributed by atoms with Gasteiger partial charge >= 0.3 is 6.43 Å². The minimum Gasteiger partial charge on any atom is -0.307 e. The Morgan fingerprint density at radius 1 is 1.17 bits per heavy atom. The molecule has 18 heavy (non-hydrogen) atoms. The molecule has 2 rings (SSSR count). The average Bonchev–Trinajstić information content (AvgIpc) is 2.39. The van der Waals surface area contributed by atoms with Gasteiger partial charge in [0.1, 0.15) is 0 Å². The number of carbonyl (C=O) groups excluding carboxylic acids is 1. The molecule has 0 heterocycles. The molecular weight excluding hydrogens is 236 g/mol. The van der Waals surface area contributed by atoms with E-state index < -0.39 is 12.3 Å². The van der Waals surface area contributed by atoms with Gasteiger partial charge in [-0.1, -0.05) is 36.4 Å². The largest absolute Gasteiger partial charge is 0.316 e. The molecule has 2 aromatic rings. The first-order valence-corrected chi connectivity index (χ1v) is 5.72. The second-order valence-corrected chi connectivity index (χ2v) is 3.88. The lowest BCUT2D eigenvalue weighted by Gasteiger charge is -2.22. The van der Waals surface area contributed by atoms with Gasteiger partial charge in [-0.15, -0.1) is 0 Å². The van der Waals surface area contributed by atoms with Gasteiger partial charge in [-0.05, 0) is 18.4 Å². The van der Waals surface area contributed by atoms with Gasteiger partial charge in [-0.2, -0.15) is 8.78 Å². The van der Waals surface area contributed by atoms with Crippen LogP contribution in [0.5, 0.6) is 0 Å². The zero-order chi connectivity index (χ0) is 13.1. The molecule has 0 atom stereocenters. The lowest BCUT2D eigenvalue weighted by atomic mass is 10.1. The lowest BCUT2D eigenvalue weighted by molar-refractivity contribution is -0.128. The van der Waals surface area contributed by atoms with E-state index in [2.05, 4.69) is 0 Å². The van der Waals surface area contributed by atoms with Gasteiger partial charge in [0.15, 0.2) is 0 Å². The molecule has 0 saturated carbocycles. The summed E-state index contributed by atoms with van der Waals surface area (Å²) in [6.45, 7) is 1.90. The van der Waals surface area contributed by atoms with Crippen LogP contribution in [0.1, 0.15) is 6.92 Å². The van der Waals surface area contributed by atoms with Crippen molar-refractivity contribution in [3.8, 4) is 0 Å². The number of halogens is 2. The van der Waals surface area contributed by atoms with E-state index in [1.807, 2.05) is 30.3 Å². The van der Waals surface area contributed by atoms with Gasteiger partial charge in [-0.25, -0.2) is 0 Å². The SMILES string of the molecule is CCN(C(=O)C(F)F)c1cccc2ccccc12. The highest BCUT2D eigenvalue weighted by Gasteiger charge is 2.24. The molecule has 0 aliphatic heterocycles. The minimum absolute atomic E-state index is 0.219. The third-order valence-electron chi connectivity index (χ3n) is 2.83. The van der Waals surface area contributed by atoms with E-state index in [9.17, 15) is 13.6 Å². The number of hydrogen-bond acceptors (Lipinski definition) is 1. The Kier molecular flexibility index (Phi) is 3.55. The van der Waals surface area contributed by atoms with Crippen LogP contribution in [0.3, 0.4) is 0 Å². The van der Waals surface area contributed by atoms with Crippen molar-refractivity contribution < 1.29 is 13.6 Å². The molecule has 0 N–H and O–H groups in total. The summed E-state index contributed by atoms with van der Waals surface area (Å²) in [6.07, 6.45) is -2.98. The van der Waals surface area contributed by atoms with Crippen molar-refractivity contribution in [2.75, 3.05) is 11.4 Å². The van der Waals surface area contributed by atoms with E-state index in [0.29, 0.717) is 5.69 Å². The van der Waals surface area contributed by atoms with E-state index in [1.54, 1.807) is 19.1 Å². The van der Waals surface area contributed by atoms with E-state index >= 15 is 0 Å². The first kappa shape index (κ1) is 12.5. The quantitative estimate of drug-likeness (QED) is 0.815. The Hall–Kier alpha value is -1.97. The third kappa shape index (κ3) is 2.18. The van der Waals surface area contributed by atoms with Crippen LogP contribution in [0.4, 0.5) is 14.5 Å². The number of amides is 1. The Bertz CT molecular complexity index is 563. The van der Waals surface area contributed by atoms with Crippen molar-refractivity contribution in [1.29, 1.82) is 0 Å². The molecule has 1 amide bonds. The zero-order valence-corrected chi connectivity index (χ0v) is 9.94. The first-order chi connectivity index (χ1) is 8.65. The molecule has 0 saturated heterocycles. The smallest absolute Gasteiger partial charge is 0.307 e. The molecule has 0 spiro atoms. The maximum Gasteiger partial charge on any atom is 0.316 e. The summed E-state index contributed by atoms with van der Waals surface area (Å²) in [6, 6.07) is 12.8. The summed E-state index contributed by atoms with van der Waals surface area (Å²) in [4.78, 5) is 12.6. The molecule has 0 unspecified atom stereocenters. The summed E-state index contributed by atoms with van der Waals surface area (Å²) in [5, 5.41) is 1.73. The highest BCUT2D eigenvalue weighted by atomic mass is 19.3. The fourth-order valence-electron chi connectivity index (χ4n) is 2.01. The molecule has 0 aliphatic carbocycles. The van der Waals surface area contributed by atoms with Crippen LogP contribution in [0.15, 0.2) is 42.5 Å². The standard InChI is InChI=1S/C14H13F2NO/c1-2-17(14(18)13(15)16)12-9-5-7-10-6-3-4-8-11(10)12/h3-9,13H,2H2,1H3. The Balaban J connectivity index is 2.55. The molecule has 0 radical (unpaired) electrons. The maximum atomic E-state index is 12.6. The third-order valence-corrected chi connectivity index (χ3v) is 2.83. The molecule has 2 aromatic carbocycles. The number of rotatable bonds is 3. The molecular formula is C14H13F2NO. The fourth-order valence-corrected chi connectivity index (χ4v) is 2.01. The molecule has 0 aromatic heterocycles. The number of nitrogens with zero attached hydrogens (tertiary/aromatic N) is 1. The number of anilines is 1. The van der Waals surface area contributed by atoms with Crippen LogP contribution in [-0.4, -0.2) is 18.9 Å². The summed E-state index contributed by atoms with van der Waals surface area (Å²) in [5.41, 5.74) is 0.529. The van der Waals surface area contributed by atoms with Gasteiger partial charge in [0, 0.05) is 11.9 Å². The van der Waals surface area contributed by atoms with Crippen molar-refractivity contribution in [2.24, 2.45) is 0 Å². The van der Waals surface area contributed by atoms with Crippen LogP contribution < -0.4 is 4.90 Å². The average molecular weight is 249 g/mol. The number of carbonyl (C=O) groups is 1. The zero-order valence-electron chi connectivity index (χ0n) is 9.94. The van der Waals surface area contributed by atoms with Crippen molar-refractivity contribution in [1.82, 2.24) is 0 Å². The number of fused-ring (bicyclic) bond motifs is 1. The second-order valence-electron chi connectivity index (χ2n) is 3.88. The van der Waals surface area contributed by atoms with Gasteiger partial charge in [0.2, 0.25) is 0 Å². The summed E-state index contributed by atoms with van der Waals surface area (Å²) < 4.78 is 25.1. The van der Waals surface area contributed by atoms with E-state index in [4.69, 9.17) is 0 Å². The monoisotopic (exact) mass is 249 g/mol. The van der Waals surface area contributed by atoms with Gasteiger partial charge < -0.3 is 4.90 Å². The Morgan fingerprint density at radius 3 is 2.50 bits per heavy atom. The fraction of sp³-hybridized carbons (Fsp3) is 0.214. The highest BCUT2D eigenvalue weighted by molar-refractivity contribution is 6.04. The predicted octanol–water partition coefficient (Wildman–Crippen LogP) is 3.46. The van der Waals surface area contributed by atoms with Crippen molar-refractivity contribution in [3.63, 3.8) is 0 Å². The summed E-state index contributed by atoms with van der Waals surface area (Å²) in [7, 11) is 0. The number of alkyl halides is 2. The highest BCUT2D eigenvalue weighted by Crippen LogP contribution is 2.27. The van der Waals surface area contributed by atoms with Crippen LogP contribution in [0, 0.1) is 0 Å². The molecule has 0 aliphatic rings. The molecule has 2 nitrogen and oxygen atoms in total. The van der Waals surface area contributed by atoms with Gasteiger partial charge in [0.25, 0.3) is 5.91 Å². The van der Waals surface area contributed by atoms with Crippen LogP contribution >= 0.6 is 0 Å². The van der Waals surface area contributed by atoms with Crippen LogP contribution in [-0.2, 0) is 4.79 Å². The predicted molar refractivity (Wildman–Crippen MR) is 68.0 cm³/mol. The lowest BCUT2D eigenvalue weighted by Crippen LogP contribution is -2.35. The van der Waals surface area contributed by atoms with E-state index in [1.165, 1.54) is 0 Å². The normalized spacial score (nSPS) is 10.9. The van der Waals surface area contributed by atoms with Crippen LogP contribution in [0.25, 0.3) is 10.8 Å². The molecule has 94 valence electrons. The Morgan fingerprint density at radius 2 is 1.83 bits per heavy atom. The van der Waals surface area contributed by atoms with Crippen LogP contribution in [0.2, 0.25) is 0 Å². The minimum atomic E-state index is -2.98. The van der Waals surface area contributed by atoms with Crippen molar-refractivity contribution >= 4 is 22.4 Å². The van der Waals surface area contributed by atoms with Gasteiger partial charge in [-0.3, -0.25) is 4.79 Å². The number of hydrogen-bond donors (Lipinski definition) is 0. The maximum absolute atomic E-state index is 12.6. The molecule has 4 heteroatoms. The Labute approximate surface area is 104 Å². The molecule has 0 bridgehead atoms. The summed E-state index contributed by atoms with van der Waals surface area (Å²) in [5.74, 6) is -1.16.